The number of nitrogens with zero attached hydrogens (tertiary/aromatic N) is 1. The van der Waals surface area contributed by atoms with Crippen LogP contribution in [0.4, 0.5) is 5.69 Å². The van der Waals surface area contributed by atoms with Crippen molar-refractivity contribution in [2.75, 3.05) is 5.32 Å². The highest BCUT2D eigenvalue weighted by molar-refractivity contribution is 5.48. The molecule has 0 saturated heterocycles. The van der Waals surface area contributed by atoms with Gasteiger partial charge in [-0.25, -0.2) is 0 Å². The molecule has 0 spiro atoms. The molecule has 1 aliphatic carbocycles. The van der Waals surface area contributed by atoms with Crippen LogP contribution in [0.3, 0.4) is 0 Å². The Morgan fingerprint density at radius 1 is 1.18 bits per heavy atom. The van der Waals surface area contributed by atoms with Gasteiger partial charge in [0.2, 0.25) is 0 Å². The first-order chi connectivity index (χ1) is 7.96. The third kappa shape index (κ3) is 3.21. The summed E-state index contributed by atoms with van der Waals surface area (Å²) in [5.41, 5.74) is 3.96. The lowest BCUT2D eigenvalue weighted by atomic mass is 9.75. The van der Waals surface area contributed by atoms with Gasteiger partial charge >= 0.3 is 0 Å². The molecular formula is C15H24N2. The second-order valence-corrected chi connectivity index (χ2v) is 6.17. The lowest BCUT2D eigenvalue weighted by Crippen LogP contribution is -2.30. The molecule has 1 heterocycles. The van der Waals surface area contributed by atoms with Crippen molar-refractivity contribution in [3.05, 3.63) is 23.5 Å². The largest absolute Gasteiger partial charge is 0.381 e. The monoisotopic (exact) mass is 232 g/mol. The minimum Gasteiger partial charge on any atom is -0.381 e. The van der Waals surface area contributed by atoms with Gasteiger partial charge in [0, 0.05) is 11.7 Å². The molecule has 0 unspecified atom stereocenters. The molecule has 17 heavy (non-hydrogen) atoms. The first kappa shape index (κ1) is 12.4. The first-order valence-corrected chi connectivity index (χ1v) is 6.67. The number of rotatable bonds is 2. The van der Waals surface area contributed by atoms with Crippen LogP contribution in [0.15, 0.2) is 12.1 Å². The van der Waals surface area contributed by atoms with Gasteiger partial charge < -0.3 is 5.32 Å². The minimum absolute atomic E-state index is 0.540. The van der Waals surface area contributed by atoms with E-state index >= 15 is 0 Å². The Balaban J connectivity index is 1.98. The molecule has 0 aliphatic heterocycles. The number of hydrogen-bond donors (Lipinski definition) is 1. The molecule has 2 heteroatoms. The molecule has 1 saturated carbocycles. The molecule has 0 atom stereocenters. The quantitative estimate of drug-likeness (QED) is 0.831. The molecule has 0 bridgehead atoms. The summed E-state index contributed by atoms with van der Waals surface area (Å²) in [4.78, 5) is 4.51. The van der Waals surface area contributed by atoms with E-state index in [-0.39, 0.29) is 0 Å². The van der Waals surface area contributed by atoms with E-state index in [1.54, 1.807) is 0 Å². The maximum absolute atomic E-state index is 4.51. The average Bonchev–Trinajstić information content (AvgIpc) is 2.25. The maximum atomic E-state index is 4.51. The molecular weight excluding hydrogens is 208 g/mol. The van der Waals surface area contributed by atoms with Crippen LogP contribution in [0.25, 0.3) is 0 Å². The predicted molar refractivity (Wildman–Crippen MR) is 73.4 cm³/mol. The van der Waals surface area contributed by atoms with E-state index < -0.39 is 0 Å². The fourth-order valence-electron chi connectivity index (χ4n) is 2.60. The average molecular weight is 232 g/mol. The van der Waals surface area contributed by atoms with E-state index in [1.807, 2.05) is 6.92 Å². The van der Waals surface area contributed by atoms with Gasteiger partial charge in [-0.15, -0.1) is 0 Å². The molecule has 1 aromatic rings. The van der Waals surface area contributed by atoms with Crippen LogP contribution in [-0.2, 0) is 0 Å². The zero-order valence-electron chi connectivity index (χ0n) is 11.5. The second kappa shape index (κ2) is 4.67. The van der Waals surface area contributed by atoms with E-state index in [0.717, 1.165) is 11.4 Å². The molecule has 1 fully saturated rings. The van der Waals surface area contributed by atoms with E-state index in [4.69, 9.17) is 0 Å². The third-order valence-corrected chi connectivity index (χ3v) is 3.92. The summed E-state index contributed by atoms with van der Waals surface area (Å²) in [6, 6.07) is 4.88. The van der Waals surface area contributed by atoms with Gasteiger partial charge in [0.05, 0.1) is 11.4 Å². The summed E-state index contributed by atoms with van der Waals surface area (Å²) < 4.78 is 0. The molecule has 1 aromatic heterocycles. The summed E-state index contributed by atoms with van der Waals surface area (Å²) >= 11 is 0. The molecule has 0 radical (unpaired) electrons. The van der Waals surface area contributed by atoms with Gasteiger partial charge in [-0.05, 0) is 57.1 Å². The van der Waals surface area contributed by atoms with Gasteiger partial charge in [-0.2, -0.15) is 0 Å². The lowest BCUT2D eigenvalue weighted by molar-refractivity contribution is 0.232. The Kier molecular flexibility index (Phi) is 3.41. The first-order valence-electron chi connectivity index (χ1n) is 6.67. The molecule has 1 aliphatic rings. The number of aryl methyl sites for hydroxylation is 2. The smallest absolute Gasteiger partial charge is 0.0606 e. The van der Waals surface area contributed by atoms with Crippen molar-refractivity contribution in [1.29, 1.82) is 0 Å². The summed E-state index contributed by atoms with van der Waals surface area (Å²) in [7, 11) is 0. The van der Waals surface area contributed by atoms with Crippen LogP contribution in [0.5, 0.6) is 0 Å². The molecule has 0 amide bonds. The molecule has 2 rings (SSSR count). The summed E-state index contributed by atoms with van der Waals surface area (Å²) in [5, 5.41) is 3.65. The zero-order chi connectivity index (χ0) is 12.5. The SMILES string of the molecule is Cc1ccc(NC2CCC(C)(C)CC2)c(C)n1. The predicted octanol–water partition coefficient (Wildman–Crippen LogP) is 4.08. The Morgan fingerprint density at radius 2 is 1.82 bits per heavy atom. The molecule has 0 aromatic carbocycles. The molecule has 1 N–H and O–H groups in total. The highest BCUT2D eigenvalue weighted by Crippen LogP contribution is 2.36. The second-order valence-electron chi connectivity index (χ2n) is 6.17. The molecule has 2 nitrogen and oxygen atoms in total. The summed E-state index contributed by atoms with van der Waals surface area (Å²) in [5.74, 6) is 0. The van der Waals surface area contributed by atoms with Crippen molar-refractivity contribution in [3.8, 4) is 0 Å². The van der Waals surface area contributed by atoms with Crippen molar-refractivity contribution < 1.29 is 0 Å². The standard InChI is InChI=1S/C15H24N2/c1-11-5-6-14(12(2)16-11)17-13-7-9-15(3,4)10-8-13/h5-6,13,17H,7-10H2,1-4H3. The van der Waals surface area contributed by atoms with Gasteiger partial charge in [0.25, 0.3) is 0 Å². The van der Waals surface area contributed by atoms with Crippen LogP contribution in [-0.4, -0.2) is 11.0 Å². The van der Waals surface area contributed by atoms with Crippen molar-refractivity contribution in [2.45, 2.75) is 59.4 Å². The van der Waals surface area contributed by atoms with Crippen LogP contribution in [0, 0.1) is 19.3 Å². The van der Waals surface area contributed by atoms with E-state index in [9.17, 15) is 0 Å². The van der Waals surface area contributed by atoms with Crippen LogP contribution in [0.2, 0.25) is 0 Å². The summed E-state index contributed by atoms with van der Waals surface area (Å²) in [6.45, 7) is 8.88. The van der Waals surface area contributed by atoms with Crippen molar-refractivity contribution >= 4 is 5.69 Å². The van der Waals surface area contributed by atoms with Crippen LogP contribution in [0.1, 0.15) is 50.9 Å². The number of hydrogen-bond acceptors (Lipinski definition) is 2. The van der Waals surface area contributed by atoms with Crippen LogP contribution < -0.4 is 5.32 Å². The van der Waals surface area contributed by atoms with Gasteiger partial charge in [-0.3, -0.25) is 4.98 Å². The van der Waals surface area contributed by atoms with Crippen molar-refractivity contribution in [3.63, 3.8) is 0 Å². The number of aromatic nitrogens is 1. The summed E-state index contributed by atoms with van der Waals surface area (Å²) in [6.07, 6.45) is 5.20. The number of nitrogens with one attached hydrogen (secondary N) is 1. The fourth-order valence-corrected chi connectivity index (χ4v) is 2.60. The topological polar surface area (TPSA) is 24.9 Å². The number of pyridine rings is 1. The normalized spacial score (nSPS) is 20.2. The Bertz CT molecular complexity index is 386. The van der Waals surface area contributed by atoms with Crippen molar-refractivity contribution in [2.24, 2.45) is 5.41 Å². The van der Waals surface area contributed by atoms with Gasteiger partial charge in [0.15, 0.2) is 0 Å². The van der Waals surface area contributed by atoms with Gasteiger partial charge in [-0.1, -0.05) is 13.8 Å². The highest BCUT2D eigenvalue weighted by Gasteiger charge is 2.26. The lowest BCUT2D eigenvalue weighted by Gasteiger charge is -2.35. The Labute approximate surface area is 105 Å². The zero-order valence-corrected chi connectivity index (χ0v) is 11.5. The minimum atomic E-state index is 0.540. The highest BCUT2D eigenvalue weighted by atomic mass is 14.9. The van der Waals surface area contributed by atoms with E-state index in [0.29, 0.717) is 11.5 Å². The fraction of sp³-hybridized carbons (Fsp3) is 0.667. The third-order valence-electron chi connectivity index (χ3n) is 3.92. The van der Waals surface area contributed by atoms with E-state index in [1.165, 1.54) is 31.4 Å². The number of anilines is 1. The van der Waals surface area contributed by atoms with E-state index in [2.05, 4.69) is 43.2 Å². The molecule has 94 valence electrons. The van der Waals surface area contributed by atoms with Gasteiger partial charge in [0.1, 0.15) is 0 Å². The maximum Gasteiger partial charge on any atom is 0.0606 e. The van der Waals surface area contributed by atoms with Crippen molar-refractivity contribution in [1.82, 2.24) is 4.98 Å². The Morgan fingerprint density at radius 3 is 2.41 bits per heavy atom. The van der Waals surface area contributed by atoms with Crippen LogP contribution >= 0.6 is 0 Å². The Hall–Kier alpha value is -1.05.